The number of hydrogen-bond donors (Lipinski definition) is 2. The summed E-state index contributed by atoms with van der Waals surface area (Å²) in [6.07, 6.45) is 0. The zero-order valence-corrected chi connectivity index (χ0v) is 10.9. The fraction of sp³-hybridized carbons (Fsp3) is 0.167. The summed E-state index contributed by atoms with van der Waals surface area (Å²) in [4.78, 5) is 0. The number of hydrogen-bond acceptors (Lipinski definition) is 4. The lowest BCUT2D eigenvalue weighted by Gasteiger charge is -2.16. The smallest absolute Gasteiger partial charge is 0.169 e. The maximum Gasteiger partial charge on any atom is 0.169 e. The number of halogens is 1. The third kappa shape index (κ3) is 2.52. The zero-order chi connectivity index (χ0) is 12.3. The van der Waals surface area contributed by atoms with Gasteiger partial charge in [0.1, 0.15) is 17.6 Å². The second-order valence-corrected chi connectivity index (χ2v) is 4.27. The normalized spacial score (nSPS) is 12.4. The van der Waals surface area contributed by atoms with Crippen molar-refractivity contribution in [2.75, 3.05) is 7.11 Å². The Morgan fingerprint density at radius 2 is 2.06 bits per heavy atom. The molecule has 0 saturated heterocycles. The lowest BCUT2D eigenvalue weighted by molar-refractivity contribution is 0.391. The molecule has 5 heteroatoms. The van der Waals surface area contributed by atoms with Crippen LogP contribution in [-0.2, 0) is 0 Å². The molecule has 0 bridgehead atoms. The molecular formula is C12H13BrN2O2. The minimum atomic E-state index is -0.238. The van der Waals surface area contributed by atoms with Crippen LogP contribution in [0.5, 0.6) is 5.75 Å². The average molecular weight is 297 g/mol. The molecular weight excluding hydrogens is 284 g/mol. The van der Waals surface area contributed by atoms with Gasteiger partial charge in [-0.2, -0.15) is 0 Å². The predicted octanol–water partition coefficient (Wildman–Crippen LogP) is 2.60. The number of nitrogens with one attached hydrogen (secondary N) is 1. The van der Waals surface area contributed by atoms with Gasteiger partial charge in [0, 0.05) is 5.56 Å². The van der Waals surface area contributed by atoms with Crippen molar-refractivity contribution in [1.29, 1.82) is 0 Å². The van der Waals surface area contributed by atoms with Crippen LogP contribution in [-0.4, -0.2) is 7.11 Å². The van der Waals surface area contributed by atoms with E-state index in [2.05, 4.69) is 21.4 Å². The van der Waals surface area contributed by atoms with Crippen LogP contribution >= 0.6 is 15.9 Å². The summed E-state index contributed by atoms with van der Waals surface area (Å²) in [6.45, 7) is 0. The monoisotopic (exact) mass is 296 g/mol. The first-order valence-corrected chi connectivity index (χ1v) is 5.90. The van der Waals surface area contributed by atoms with Gasteiger partial charge in [0.25, 0.3) is 0 Å². The van der Waals surface area contributed by atoms with Crippen LogP contribution in [0.15, 0.2) is 45.5 Å². The fourth-order valence-electron chi connectivity index (χ4n) is 1.71. The number of nitrogens with two attached hydrogens (primary N) is 1. The number of benzene rings is 1. The third-order valence-corrected chi connectivity index (χ3v) is 2.92. The highest BCUT2D eigenvalue weighted by Gasteiger charge is 2.19. The second kappa shape index (κ2) is 5.35. The predicted molar refractivity (Wildman–Crippen MR) is 68.6 cm³/mol. The Balaban J connectivity index is 2.41. The summed E-state index contributed by atoms with van der Waals surface area (Å²) in [5.41, 5.74) is 3.66. The molecule has 0 aliphatic carbocycles. The lowest BCUT2D eigenvalue weighted by atomic mass is 10.0. The van der Waals surface area contributed by atoms with Gasteiger partial charge in [-0.05, 0) is 34.1 Å². The molecule has 1 atom stereocenters. The quantitative estimate of drug-likeness (QED) is 0.672. The molecule has 0 aliphatic heterocycles. The van der Waals surface area contributed by atoms with Gasteiger partial charge in [0.15, 0.2) is 4.67 Å². The van der Waals surface area contributed by atoms with Crippen LogP contribution in [0, 0.1) is 0 Å². The van der Waals surface area contributed by atoms with Gasteiger partial charge in [-0.25, -0.2) is 5.43 Å². The molecule has 1 heterocycles. The minimum absolute atomic E-state index is 0.238. The van der Waals surface area contributed by atoms with Crippen molar-refractivity contribution < 1.29 is 9.15 Å². The van der Waals surface area contributed by atoms with Crippen molar-refractivity contribution in [2.45, 2.75) is 6.04 Å². The SMILES string of the molecule is COc1ccccc1C(NN)c1ccc(Br)o1. The molecule has 0 aliphatic rings. The summed E-state index contributed by atoms with van der Waals surface area (Å²) in [5, 5.41) is 0. The Labute approximate surface area is 108 Å². The third-order valence-electron chi connectivity index (χ3n) is 2.50. The molecule has 1 aromatic carbocycles. The number of methoxy groups -OCH3 is 1. The van der Waals surface area contributed by atoms with Crippen LogP contribution in [0.2, 0.25) is 0 Å². The van der Waals surface area contributed by atoms with E-state index in [-0.39, 0.29) is 6.04 Å². The largest absolute Gasteiger partial charge is 0.496 e. The molecule has 2 aromatic rings. The topological polar surface area (TPSA) is 60.4 Å². The van der Waals surface area contributed by atoms with E-state index in [0.29, 0.717) is 4.67 Å². The molecule has 0 radical (unpaired) electrons. The Morgan fingerprint density at radius 3 is 2.65 bits per heavy atom. The van der Waals surface area contributed by atoms with E-state index in [4.69, 9.17) is 15.0 Å². The van der Waals surface area contributed by atoms with Gasteiger partial charge in [-0.1, -0.05) is 18.2 Å². The van der Waals surface area contributed by atoms with Crippen molar-refractivity contribution in [1.82, 2.24) is 5.43 Å². The number of furan rings is 1. The van der Waals surface area contributed by atoms with Crippen LogP contribution in [0.3, 0.4) is 0 Å². The second-order valence-electron chi connectivity index (χ2n) is 3.48. The molecule has 90 valence electrons. The standard InChI is InChI=1S/C12H13BrN2O2/c1-16-9-5-3-2-4-8(9)12(15-14)10-6-7-11(13)17-10/h2-7,12,15H,14H2,1H3. The molecule has 2 rings (SSSR count). The summed E-state index contributed by atoms with van der Waals surface area (Å²) >= 11 is 3.27. The van der Waals surface area contributed by atoms with Crippen LogP contribution in [0.4, 0.5) is 0 Å². The van der Waals surface area contributed by atoms with Crippen molar-refractivity contribution in [3.8, 4) is 5.75 Å². The summed E-state index contributed by atoms with van der Waals surface area (Å²) in [5.74, 6) is 7.08. The van der Waals surface area contributed by atoms with Crippen LogP contribution in [0.25, 0.3) is 0 Å². The van der Waals surface area contributed by atoms with Crippen LogP contribution < -0.4 is 16.0 Å². The van der Waals surface area contributed by atoms with Crippen molar-refractivity contribution in [3.63, 3.8) is 0 Å². The van der Waals surface area contributed by atoms with Crippen molar-refractivity contribution in [2.24, 2.45) is 5.84 Å². The van der Waals surface area contributed by atoms with Gasteiger partial charge in [0.05, 0.1) is 7.11 Å². The highest BCUT2D eigenvalue weighted by Crippen LogP contribution is 2.31. The minimum Gasteiger partial charge on any atom is -0.496 e. The highest BCUT2D eigenvalue weighted by molar-refractivity contribution is 9.10. The molecule has 1 unspecified atom stereocenters. The van der Waals surface area contributed by atoms with Gasteiger partial charge in [-0.15, -0.1) is 0 Å². The van der Waals surface area contributed by atoms with E-state index in [1.807, 2.05) is 36.4 Å². The molecule has 0 fully saturated rings. The number of rotatable bonds is 4. The van der Waals surface area contributed by atoms with Crippen LogP contribution in [0.1, 0.15) is 17.4 Å². The van der Waals surface area contributed by atoms with E-state index >= 15 is 0 Å². The fourth-order valence-corrected chi connectivity index (χ4v) is 2.03. The molecule has 4 nitrogen and oxygen atoms in total. The Morgan fingerprint density at radius 1 is 1.29 bits per heavy atom. The van der Waals surface area contributed by atoms with Gasteiger partial charge in [0.2, 0.25) is 0 Å². The average Bonchev–Trinajstić information content (AvgIpc) is 2.77. The number of hydrazine groups is 1. The Bertz CT molecular complexity index is 499. The van der Waals surface area contributed by atoms with E-state index in [1.165, 1.54) is 0 Å². The molecule has 0 amide bonds. The Hall–Kier alpha value is -1.30. The van der Waals surface area contributed by atoms with Crippen molar-refractivity contribution >= 4 is 15.9 Å². The van der Waals surface area contributed by atoms with Crippen molar-refractivity contribution in [3.05, 3.63) is 52.4 Å². The number of para-hydroxylation sites is 1. The van der Waals surface area contributed by atoms with E-state index in [9.17, 15) is 0 Å². The van der Waals surface area contributed by atoms with Gasteiger partial charge >= 0.3 is 0 Å². The Kier molecular flexibility index (Phi) is 3.83. The summed E-state index contributed by atoms with van der Waals surface area (Å²) < 4.78 is 11.5. The maximum absolute atomic E-state index is 5.59. The first-order valence-electron chi connectivity index (χ1n) is 5.10. The lowest BCUT2D eigenvalue weighted by Crippen LogP contribution is -2.28. The zero-order valence-electron chi connectivity index (χ0n) is 9.31. The summed E-state index contributed by atoms with van der Waals surface area (Å²) in [7, 11) is 1.63. The first-order chi connectivity index (χ1) is 8.26. The molecule has 0 saturated carbocycles. The number of ether oxygens (including phenoxy) is 1. The van der Waals surface area contributed by atoms with E-state index in [0.717, 1.165) is 17.1 Å². The highest BCUT2D eigenvalue weighted by atomic mass is 79.9. The molecule has 1 aromatic heterocycles. The maximum atomic E-state index is 5.59. The first kappa shape index (κ1) is 12.2. The summed E-state index contributed by atoms with van der Waals surface area (Å²) in [6, 6.07) is 11.1. The van der Waals surface area contributed by atoms with E-state index in [1.54, 1.807) is 7.11 Å². The van der Waals surface area contributed by atoms with Gasteiger partial charge in [-0.3, -0.25) is 5.84 Å². The van der Waals surface area contributed by atoms with E-state index < -0.39 is 0 Å². The van der Waals surface area contributed by atoms with Gasteiger partial charge < -0.3 is 9.15 Å². The molecule has 3 N–H and O–H groups in total. The molecule has 0 spiro atoms. The molecule has 17 heavy (non-hydrogen) atoms.